The zero-order chi connectivity index (χ0) is 21.6. The Morgan fingerprint density at radius 1 is 1.03 bits per heavy atom. The summed E-state index contributed by atoms with van der Waals surface area (Å²) in [6.07, 6.45) is 0.895. The Bertz CT molecular complexity index is 1070. The monoisotopic (exact) mass is 437 g/mol. The van der Waals surface area contributed by atoms with Crippen molar-refractivity contribution in [1.82, 2.24) is 19.6 Å². The van der Waals surface area contributed by atoms with E-state index in [4.69, 9.17) is 16.6 Å². The van der Waals surface area contributed by atoms with Gasteiger partial charge < -0.3 is 9.73 Å². The summed E-state index contributed by atoms with van der Waals surface area (Å²) >= 11 is 5.35. The molecule has 7 nitrogen and oxygen atoms in total. The lowest BCUT2D eigenvalue weighted by atomic mass is 10.1. The zero-order valence-electron chi connectivity index (χ0n) is 17.7. The van der Waals surface area contributed by atoms with Crippen molar-refractivity contribution in [2.24, 2.45) is 0 Å². The highest BCUT2D eigenvalue weighted by Crippen LogP contribution is 2.18. The van der Waals surface area contributed by atoms with Crippen LogP contribution in [0.1, 0.15) is 12.5 Å². The summed E-state index contributed by atoms with van der Waals surface area (Å²) < 4.78 is 7.39. The number of aryl methyl sites for hydroxylation is 1. The fourth-order valence-corrected chi connectivity index (χ4v) is 3.89. The molecule has 1 saturated heterocycles. The number of carbonyl (C=O) groups is 1. The number of para-hydroxylation sites is 1. The Balaban J connectivity index is 1.28. The molecule has 1 aliphatic rings. The van der Waals surface area contributed by atoms with Gasteiger partial charge in [0, 0.05) is 37.4 Å². The molecular weight excluding hydrogens is 410 g/mol. The van der Waals surface area contributed by atoms with Crippen LogP contribution in [0.3, 0.4) is 0 Å². The molecule has 0 unspecified atom stereocenters. The minimum atomic E-state index is 0.0283. The van der Waals surface area contributed by atoms with E-state index in [0.29, 0.717) is 23.9 Å². The molecule has 162 valence electrons. The normalized spacial score (nSPS) is 15.1. The summed E-state index contributed by atoms with van der Waals surface area (Å²) in [4.78, 5) is 17.3. The Labute approximate surface area is 187 Å². The van der Waals surface area contributed by atoms with Crippen molar-refractivity contribution < 1.29 is 9.21 Å². The van der Waals surface area contributed by atoms with Gasteiger partial charge in [-0.05, 0) is 42.4 Å². The maximum Gasteiger partial charge on any atom is 0.288 e. The summed E-state index contributed by atoms with van der Waals surface area (Å²) in [5, 5.41) is 7.58. The SMILES string of the molecule is CCc1ccccc1NC(=O)CN1CCN(Cn2nc(-c3ccccc3)oc2=S)CC1. The molecule has 1 aromatic heterocycles. The highest BCUT2D eigenvalue weighted by Gasteiger charge is 2.20. The van der Waals surface area contributed by atoms with Crippen LogP contribution >= 0.6 is 12.2 Å². The molecule has 0 atom stereocenters. The molecular formula is C23H27N5O2S. The van der Waals surface area contributed by atoms with Gasteiger partial charge in [-0.1, -0.05) is 43.3 Å². The molecule has 31 heavy (non-hydrogen) atoms. The fraction of sp³-hybridized carbons (Fsp3) is 0.348. The summed E-state index contributed by atoms with van der Waals surface area (Å²) in [6.45, 7) is 6.39. The Morgan fingerprint density at radius 2 is 1.71 bits per heavy atom. The van der Waals surface area contributed by atoms with Crippen LogP contribution < -0.4 is 5.32 Å². The number of rotatable bonds is 7. The van der Waals surface area contributed by atoms with Crippen molar-refractivity contribution in [3.63, 3.8) is 0 Å². The van der Waals surface area contributed by atoms with Crippen molar-refractivity contribution in [3.05, 3.63) is 65.0 Å². The van der Waals surface area contributed by atoms with E-state index < -0.39 is 0 Å². The van der Waals surface area contributed by atoms with E-state index in [0.717, 1.165) is 49.4 Å². The minimum absolute atomic E-state index is 0.0283. The van der Waals surface area contributed by atoms with Crippen molar-refractivity contribution in [1.29, 1.82) is 0 Å². The number of anilines is 1. The Hall–Kier alpha value is -2.81. The molecule has 1 aliphatic heterocycles. The van der Waals surface area contributed by atoms with Crippen molar-refractivity contribution in [3.8, 4) is 11.5 Å². The standard InChI is InChI=1S/C23H27N5O2S/c1-2-18-8-6-7-11-20(18)24-21(29)16-26-12-14-27(15-13-26)17-28-23(31)30-22(25-28)19-9-4-3-5-10-19/h3-11H,2,12-17H2,1H3,(H,24,29). The lowest BCUT2D eigenvalue weighted by molar-refractivity contribution is -0.117. The van der Waals surface area contributed by atoms with Gasteiger partial charge >= 0.3 is 0 Å². The number of amides is 1. The number of carbonyl (C=O) groups excluding carboxylic acids is 1. The number of piperazine rings is 1. The van der Waals surface area contributed by atoms with Crippen LogP contribution in [0, 0.1) is 4.84 Å². The van der Waals surface area contributed by atoms with E-state index in [1.54, 1.807) is 4.68 Å². The highest BCUT2D eigenvalue weighted by atomic mass is 32.1. The summed E-state index contributed by atoms with van der Waals surface area (Å²) in [7, 11) is 0. The maximum absolute atomic E-state index is 12.5. The lowest BCUT2D eigenvalue weighted by Crippen LogP contribution is -2.49. The summed E-state index contributed by atoms with van der Waals surface area (Å²) in [5.74, 6) is 0.564. The molecule has 0 bridgehead atoms. The third-order valence-corrected chi connectivity index (χ3v) is 5.76. The predicted octanol–water partition coefficient (Wildman–Crippen LogP) is 3.65. The van der Waals surface area contributed by atoms with Crippen molar-refractivity contribution in [2.45, 2.75) is 20.0 Å². The molecule has 1 N–H and O–H groups in total. The molecule has 1 amide bonds. The molecule has 2 heterocycles. The Morgan fingerprint density at radius 3 is 2.45 bits per heavy atom. The number of nitrogens with one attached hydrogen (secondary N) is 1. The van der Waals surface area contributed by atoms with Gasteiger partial charge in [0.25, 0.3) is 4.84 Å². The number of hydrogen-bond acceptors (Lipinski definition) is 6. The van der Waals surface area contributed by atoms with E-state index in [1.807, 2.05) is 54.6 Å². The average molecular weight is 438 g/mol. The topological polar surface area (TPSA) is 66.5 Å². The first-order valence-electron chi connectivity index (χ1n) is 10.6. The Kier molecular flexibility index (Phi) is 6.91. The van der Waals surface area contributed by atoms with Gasteiger partial charge in [-0.25, -0.2) is 4.68 Å². The lowest BCUT2D eigenvalue weighted by Gasteiger charge is -2.33. The van der Waals surface area contributed by atoms with Gasteiger partial charge in [0.2, 0.25) is 11.8 Å². The molecule has 0 spiro atoms. The molecule has 0 radical (unpaired) electrons. The summed E-state index contributed by atoms with van der Waals surface area (Å²) in [5.41, 5.74) is 2.97. The average Bonchev–Trinajstić information content (AvgIpc) is 3.16. The van der Waals surface area contributed by atoms with Gasteiger partial charge in [0.15, 0.2) is 0 Å². The van der Waals surface area contributed by atoms with E-state index in [2.05, 4.69) is 27.1 Å². The van der Waals surface area contributed by atoms with Crippen LogP contribution in [0.5, 0.6) is 0 Å². The zero-order valence-corrected chi connectivity index (χ0v) is 18.5. The predicted molar refractivity (Wildman–Crippen MR) is 123 cm³/mol. The van der Waals surface area contributed by atoms with Crippen molar-refractivity contribution >= 4 is 23.8 Å². The second kappa shape index (κ2) is 10.00. The van der Waals surface area contributed by atoms with E-state index in [-0.39, 0.29) is 5.91 Å². The third kappa shape index (κ3) is 5.46. The minimum Gasteiger partial charge on any atom is -0.409 e. The van der Waals surface area contributed by atoms with Gasteiger partial charge in [-0.2, -0.15) is 0 Å². The second-order valence-corrected chi connectivity index (χ2v) is 7.98. The van der Waals surface area contributed by atoms with Crippen LogP contribution in [-0.4, -0.2) is 58.2 Å². The number of aromatic nitrogens is 2. The first-order chi connectivity index (χ1) is 15.1. The largest absolute Gasteiger partial charge is 0.409 e. The third-order valence-electron chi connectivity index (χ3n) is 5.47. The van der Waals surface area contributed by atoms with Crippen LogP contribution in [-0.2, 0) is 17.9 Å². The fourth-order valence-electron chi connectivity index (χ4n) is 3.71. The van der Waals surface area contributed by atoms with E-state index in [1.165, 1.54) is 0 Å². The number of hydrogen-bond donors (Lipinski definition) is 1. The second-order valence-electron chi connectivity index (χ2n) is 7.63. The quantitative estimate of drug-likeness (QED) is 0.569. The van der Waals surface area contributed by atoms with Crippen LogP contribution in [0.2, 0.25) is 0 Å². The van der Waals surface area contributed by atoms with Gasteiger partial charge in [0.1, 0.15) is 0 Å². The first kappa shape index (κ1) is 21.4. The molecule has 0 aliphatic carbocycles. The van der Waals surface area contributed by atoms with Crippen LogP contribution in [0.15, 0.2) is 59.0 Å². The summed E-state index contributed by atoms with van der Waals surface area (Å²) in [6, 6.07) is 17.7. The number of nitrogens with zero attached hydrogens (tertiary/aromatic N) is 4. The smallest absolute Gasteiger partial charge is 0.288 e. The maximum atomic E-state index is 12.5. The van der Waals surface area contributed by atoms with E-state index in [9.17, 15) is 4.79 Å². The first-order valence-corrected chi connectivity index (χ1v) is 11.0. The molecule has 3 aromatic rings. The molecule has 4 rings (SSSR count). The van der Waals surface area contributed by atoms with Gasteiger partial charge in [0.05, 0.1) is 13.2 Å². The van der Waals surface area contributed by atoms with Gasteiger partial charge in [-0.3, -0.25) is 14.6 Å². The number of benzene rings is 2. The van der Waals surface area contributed by atoms with Gasteiger partial charge in [-0.15, -0.1) is 5.10 Å². The highest BCUT2D eigenvalue weighted by molar-refractivity contribution is 7.71. The molecule has 2 aromatic carbocycles. The van der Waals surface area contributed by atoms with Crippen LogP contribution in [0.25, 0.3) is 11.5 Å². The van der Waals surface area contributed by atoms with Crippen molar-refractivity contribution in [2.75, 3.05) is 38.0 Å². The van der Waals surface area contributed by atoms with E-state index >= 15 is 0 Å². The van der Waals surface area contributed by atoms with Crippen LogP contribution in [0.4, 0.5) is 5.69 Å². The molecule has 1 fully saturated rings. The molecule has 0 saturated carbocycles. The molecule has 8 heteroatoms.